The van der Waals surface area contributed by atoms with E-state index in [1.54, 1.807) is 13.8 Å². The maximum Gasteiger partial charge on any atom is 0.407 e. The van der Waals surface area contributed by atoms with E-state index in [1.807, 2.05) is 36.4 Å². The van der Waals surface area contributed by atoms with E-state index in [-0.39, 0.29) is 32.2 Å². The number of nitrogens with zero attached hydrogens (tertiary/aromatic N) is 1. The Kier molecular flexibility index (Phi) is 7.65. The lowest BCUT2D eigenvalue weighted by Gasteiger charge is -2.24. The van der Waals surface area contributed by atoms with Crippen LogP contribution in [0.15, 0.2) is 61.2 Å². The lowest BCUT2D eigenvalue weighted by Crippen LogP contribution is -2.48. The average molecular weight is 437 g/mol. The predicted octanol–water partition coefficient (Wildman–Crippen LogP) is 3.49. The van der Waals surface area contributed by atoms with Gasteiger partial charge < -0.3 is 19.7 Å². The highest BCUT2D eigenvalue weighted by molar-refractivity contribution is 5.88. The quantitative estimate of drug-likeness (QED) is 0.480. The number of alkyl carbamates (subject to hydrolysis) is 1. The zero-order chi connectivity index (χ0) is 23.1. The largest absolute Gasteiger partial charge is 0.465 e. The van der Waals surface area contributed by atoms with Crippen molar-refractivity contribution in [1.82, 2.24) is 10.2 Å². The minimum absolute atomic E-state index is 0.0692. The molecule has 1 N–H and O–H groups in total. The molecule has 0 radical (unpaired) electrons. The Hall–Kier alpha value is -3.61. The molecule has 0 bridgehead atoms. The highest BCUT2D eigenvalue weighted by atomic mass is 16.5. The first-order valence-electron chi connectivity index (χ1n) is 10.6. The first-order valence-corrected chi connectivity index (χ1v) is 10.6. The third-order valence-electron chi connectivity index (χ3n) is 5.33. The molecule has 7 nitrogen and oxygen atoms in total. The number of hydrogen-bond donors (Lipinski definition) is 1. The summed E-state index contributed by atoms with van der Waals surface area (Å²) < 4.78 is 10.4. The van der Waals surface area contributed by atoms with Crippen LogP contribution in [0, 0.1) is 0 Å². The summed E-state index contributed by atoms with van der Waals surface area (Å²) in [6.07, 6.45) is 0.819. The molecule has 168 valence electrons. The number of amides is 2. The Labute approximate surface area is 188 Å². The molecule has 0 aliphatic heterocycles. The van der Waals surface area contributed by atoms with Crippen molar-refractivity contribution in [2.24, 2.45) is 0 Å². The Morgan fingerprint density at radius 2 is 1.66 bits per heavy atom. The van der Waals surface area contributed by atoms with E-state index in [4.69, 9.17) is 9.47 Å². The third-order valence-corrected chi connectivity index (χ3v) is 5.33. The number of carbonyl (C=O) groups excluding carboxylic acids is 3. The lowest BCUT2D eigenvalue weighted by atomic mass is 9.98. The monoisotopic (exact) mass is 436 g/mol. The highest BCUT2D eigenvalue weighted by Gasteiger charge is 2.30. The molecule has 2 aromatic carbocycles. The van der Waals surface area contributed by atoms with Gasteiger partial charge in [0.25, 0.3) is 0 Å². The fourth-order valence-corrected chi connectivity index (χ4v) is 3.90. The van der Waals surface area contributed by atoms with Crippen LogP contribution in [0.4, 0.5) is 4.79 Å². The standard InChI is InChI=1S/C25H28N2O5/c1-4-14-27(15-23(28)31-5-2)24(29)17(3)26-25(30)32-16-22-20-12-8-6-10-18(20)19-11-7-9-13-21(19)22/h4,6-13,17,22H,1,5,14-16H2,2-3H3,(H,26,30)/t17-/m0/s1. The summed E-state index contributed by atoms with van der Waals surface area (Å²) in [4.78, 5) is 38.2. The molecule has 3 rings (SSSR count). The van der Waals surface area contributed by atoms with Gasteiger partial charge in [0.2, 0.25) is 5.91 Å². The van der Waals surface area contributed by atoms with Gasteiger partial charge >= 0.3 is 12.1 Å². The number of hydrogen-bond acceptors (Lipinski definition) is 5. The van der Waals surface area contributed by atoms with E-state index >= 15 is 0 Å². The molecule has 0 aromatic heterocycles. The van der Waals surface area contributed by atoms with Crippen LogP contribution in [0.2, 0.25) is 0 Å². The van der Waals surface area contributed by atoms with Gasteiger partial charge in [-0.25, -0.2) is 4.79 Å². The van der Waals surface area contributed by atoms with Gasteiger partial charge in [0.1, 0.15) is 19.2 Å². The van der Waals surface area contributed by atoms with Crippen LogP contribution in [0.25, 0.3) is 11.1 Å². The maximum atomic E-state index is 12.7. The summed E-state index contributed by atoms with van der Waals surface area (Å²) in [6, 6.07) is 15.2. The number of carbonyl (C=O) groups is 3. The zero-order valence-electron chi connectivity index (χ0n) is 18.4. The molecule has 0 spiro atoms. The van der Waals surface area contributed by atoms with Crippen LogP contribution in [0.1, 0.15) is 30.9 Å². The molecule has 1 atom stereocenters. The molecule has 0 saturated heterocycles. The fourth-order valence-electron chi connectivity index (χ4n) is 3.90. The summed E-state index contributed by atoms with van der Waals surface area (Å²) in [5, 5.41) is 2.56. The summed E-state index contributed by atoms with van der Waals surface area (Å²) >= 11 is 0. The van der Waals surface area contributed by atoms with Crippen molar-refractivity contribution in [2.45, 2.75) is 25.8 Å². The smallest absolute Gasteiger partial charge is 0.407 e. The molecular weight excluding hydrogens is 408 g/mol. The van der Waals surface area contributed by atoms with Gasteiger partial charge in [-0.3, -0.25) is 9.59 Å². The topological polar surface area (TPSA) is 84.9 Å². The first kappa shape index (κ1) is 23.1. The summed E-state index contributed by atoms with van der Waals surface area (Å²) in [6.45, 7) is 7.17. The van der Waals surface area contributed by atoms with Crippen molar-refractivity contribution in [3.63, 3.8) is 0 Å². The van der Waals surface area contributed by atoms with Crippen molar-refractivity contribution < 1.29 is 23.9 Å². The molecule has 1 aliphatic rings. The molecule has 7 heteroatoms. The van der Waals surface area contributed by atoms with E-state index in [2.05, 4.69) is 24.0 Å². The van der Waals surface area contributed by atoms with Gasteiger partial charge in [-0.05, 0) is 36.1 Å². The average Bonchev–Trinajstić information content (AvgIpc) is 3.11. The lowest BCUT2D eigenvalue weighted by molar-refractivity contribution is -0.149. The molecule has 0 heterocycles. The normalized spacial score (nSPS) is 12.8. The second kappa shape index (κ2) is 10.6. The maximum absolute atomic E-state index is 12.7. The van der Waals surface area contributed by atoms with Crippen molar-refractivity contribution in [3.05, 3.63) is 72.3 Å². The molecule has 32 heavy (non-hydrogen) atoms. The number of benzene rings is 2. The van der Waals surface area contributed by atoms with Crippen molar-refractivity contribution in [2.75, 3.05) is 26.3 Å². The van der Waals surface area contributed by atoms with E-state index in [9.17, 15) is 14.4 Å². The van der Waals surface area contributed by atoms with Crippen LogP contribution < -0.4 is 5.32 Å². The molecule has 0 fully saturated rings. The van der Waals surface area contributed by atoms with Gasteiger partial charge in [-0.2, -0.15) is 0 Å². The second-order valence-electron chi connectivity index (χ2n) is 7.50. The zero-order valence-corrected chi connectivity index (χ0v) is 18.4. The number of nitrogens with one attached hydrogen (secondary N) is 1. The van der Waals surface area contributed by atoms with E-state index in [1.165, 1.54) is 11.0 Å². The van der Waals surface area contributed by atoms with Gasteiger partial charge in [0.05, 0.1) is 6.61 Å². The van der Waals surface area contributed by atoms with Gasteiger partial charge in [-0.1, -0.05) is 54.6 Å². The Morgan fingerprint density at radius 3 is 2.22 bits per heavy atom. The summed E-state index contributed by atoms with van der Waals surface area (Å²) in [5.74, 6) is -1.01. The van der Waals surface area contributed by atoms with Crippen LogP contribution in [0.3, 0.4) is 0 Å². The second-order valence-corrected chi connectivity index (χ2v) is 7.50. The van der Waals surface area contributed by atoms with Gasteiger partial charge in [0.15, 0.2) is 0 Å². The SMILES string of the molecule is C=CCN(CC(=O)OCC)C(=O)[C@H](C)NC(=O)OCC1c2ccccc2-c2ccccc21. The number of esters is 1. The van der Waals surface area contributed by atoms with Crippen molar-refractivity contribution in [3.8, 4) is 11.1 Å². The predicted molar refractivity (Wildman–Crippen MR) is 121 cm³/mol. The Morgan fingerprint density at radius 1 is 1.06 bits per heavy atom. The molecule has 2 amide bonds. The molecule has 1 aliphatic carbocycles. The molecule has 0 saturated carbocycles. The van der Waals surface area contributed by atoms with Crippen LogP contribution >= 0.6 is 0 Å². The molecule has 0 unspecified atom stereocenters. The number of rotatable bonds is 9. The summed E-state index contributed by atoms with van der Waals surface area (Å²) in [7, 11) is 0. The van der Waals surface area contributed by atoms with E-state index in [0.717, 1.165) is 22.3 Å². The number of ether oxygens (including phenoxy) is 2. The Balaban J connectivity index is 1.60. The van der Waals surface area contributed by atoms with Crippen LogP contribution in [0.5, 0.6) is 0 Å². The third kappa shape index (κ3) is 5.17. The fraction of sp³-hybridized carbons (Fsp3) is 0.320. The van der Waals surface area contributed by atoms with Gasteiger partial charge in [0, 0.05) is 12.5 Å². The minimum atomic E-state index is -0.875. The van der Waals surface area contributed by atoms with E-state index in [0.29, 0.717) is 0 Å². The number of fused-ring (bicyclic) bond motifs is 3. The van der Waals surface area contributed by atoms with Gasteiger partial charge in [-0.15, -0.1) is 6.58 Å². The van der Waals surface area contributed by atoms with E-state index < -0.39 is 24.0 Å². The highest BCUT2D eigenvalue weighted by Crippen LogP contribution is 2.44. The Bertz CT molecular complexity index is 958. The van der Waals surface area contributed by atoms with Crippen LogP contribution in [-0.4, -0.2) is 55.2 Å². The van der Waals surface area contributed by atoms with Crippen molar-refractivity contribution in [1.29, 1.82) is 0 Å². The first-order chi connectivity index (χ1) is 15.5. The minimum Gasteiger partial charge on any atom is -0.465 e. The van der Waals surface area contributed by atoms with Crippen LogP contribution in [-0.2, 0) is 19.1 Å². The summed E-state index contributed by atoms with van der Waals surface area (Å²) in [5.41, 5.74) is 4.49. The molecule has 2 aromatic rings. The van der Waals surface area contributed by atoms with Crippen molar-refractivity contribution >= 4 is 18.0 Å². The molecular formula is C25H28N2O5.